The van der Waals surface area contributed by atoms with Crippen LogP contribution in [0, 0.1) is 0 Å². The van der Waals surface area contributed by atoms with E-state index in [2.05, 4.69) is 11.3 Å². The molecule has 0 aromatic heterocycles. The second-order valence-corrected chi connectivity index (χ2v) is 1.35. The third-order valence-corrected chi connectivity index (χ3v) is 0.701. The van der Waals surface area contributed by atoms with Gasteiger partial charge in [0, 0.05) is 7.11 Å². The summed E-state index contributed by atoms with van der Waals surface area (Å²) in [6.45, 7) is 4.76. The maximum atomic E-state index is 4.90. The van der Waals surface area contributed by atoms with Crippen molar-refractivity contribution in [2.24, 2.45) is 0 Å². The molecular formula is C6H12O3. The second-order valence-electron chi connectivity index (χ2n) is 1.35. The van der Waals surface area contributed by atoms with E-state index < -0.39 is 0 Å². The predicted octanol–water partition coefficient (Wildman–Crippen LogP) is 0.767. The molecule has 0 fully saturated rings. The van der Waals surface area contributed by atoms with Crippen LogP contribution in [-0.2, 0) is 14.2 Å². The third kappa shape index (κ3) is 7.46. The summed E-state index contributed by atoms with van der Waals surface area (Å²) >= 11 is 0. The lowest BCUT2D eigenvalue weighted by molar-refractivity contribution is -0.0295. The molecule has 0 unspecified atom stereocenters. The van der Waals surface area contributed by atoms with Crippen LogP contribution in [0.5, 0.6) is 0 Å². The fraction of sp³-hybridized carbons (Fsp3) is 0.667. The van der Waals surface area contributed by atoms with Crippen LogP contribution in [0.3, 0.4) is 0 Å². The Morgan fingerprint density at radius 2 is 2.22 bits per heavy atom. The average molecular weight is 132 g/mol. The summed E-state index contributed by atoms with van der Waals surface area (Å²) in [4.78, 5) is 0. The van der Waals surface area contributed by atoms with Crippen molar-refractivity contribution in [1.82, 2.24) is 0 Å². The molecule has 0 aliphatic carbocycles. The molecule has 0 N–H and O–H groups in total. The van der Waals surface area contributed by atoms with E-state index in [0.717, 1.165) is 0 Å². The first-order chi connectivity index (χ1) is 4.41. The van der Waals surface area contributed by atoms with Crippen LogP contribution < -0.4 is 0 Å². The van der Waals surface area contributed by atoms with Crippen molar-refractivity contribution in [3.63, 3.8) is 0 Å². The Kier molecular flexibility index (Phi) is 7.01. The normalized spacial score (nSPS) is 9.00. The molecule has 0 aromatic rings. The Bertz CT molecular complexity index is 63.3. The molecule has 0 saturated carbocycles. The van der Waals surface area contributed by atoms with Gasteiger partial charge in [0.2, 0.25) is 0 Å². The topological polar surface area (TPSA) is 27.7 Å². The van der Waals surface area contributed by atoms with Gasteiger partial charge in [-0.25, -0.2) is 0 Å². The standard InChI is InChI=1S/C6H12O3/c1-3-8-6-9-5-4-7-2/h3H,1,4-6H2,2H3. The highest BCUT2D eigenvalue weighted by Crippen LogP contribution is 1.77. The van der Waals surface area contributed by atoms with Gasteiger partial charge in [-0.2, -0.15) is 0 Å². The van der Waals surface area contributed by atoms with Gasteiger partial charge in [-0.05, 0) is 0 Å². The zero-order valence-electron chi connectivity index (χ0n) is 5.63. The highest BCUT2D eigenvalue weighted by Gasteiger charge is 1.82. The second kappa shape index (κ2) is 7.46. The van der Waals surface area contributed by atoms with E-state index in [4.69, 9.17) is 9.47 Å². The molecule has 0 atom stereocenters. The summed E-state index contributed by atoms with van der Waals surface area (Å²) in [5.41, 5.74) is 0. The Labute approximate surface area is 55.2 Å². The Balaban J connectivity index is 2.66. The summed E-state index contributed by atoms with van der Waals surface area (Å²) in [7, 11) is 1.62. The van der Waals surface area contributed by atoms with Gasteiger partial charge >= 0.3 is 0 Å². The van der Waals surface area contributed by atoms with E-state index in [1.54, 1.807) is 7.11 Å². The van der Waals surface area contributed by atoms with Crippen molar-refractivity contribution in [2.45, 2.75) is 0 Å². The smallest absolute Gasteiger partial charge is 0.188 e. The van der Waals surface area contributed by atoms with Crippen molar-refractivity contribution in [2.75, 3.05) is 27.1 Å². The first-order valence-corrected chi connectivity index (χ1v) is 2.71. The van der Waals surface area contributed by atoms with Crippen molar-refractivity contribution < 1.29 is 14.2 Å². The van der Waals surface area contributed by atoms with Gasteiger partial charge in [-0.15, -0.1) is 0 Å². The number of hydrogen-bond acceptors (Lipinski definition) is 3. The minimum atomic E-state index is 0.257. The van der Waals surface area contributed by atoms with Crippen LogP contribution >= 0.6 is 0 Å². The van der Waals surface area contributed by atoms with E-state index in [1.165, 1.54) is 6.26 Å². The Morgan fingerprint density at radius 1 is 1.44 bits per heavy atom. The minimum absolute atomic E-state index is 0.257. The first-order valence-electron chi connectivity index (χ1n) is 2.71. The number of ether oxygens (including phenoxy) is 3. The van der Waals surface area contributed by atoms with Crippen LogP contribution in [0.25, 0.3) is 0 Å². The molecule has 0 amide bonds. The zero-order chi connectivity index (χ0) is 6.95. The summed E-state index contributed by atoms with van der Waals surface area (Å²) in [6, 6.07) is 0. The Hall–Kier alpha value is -0.540. The SMILES string of the molecule is C=COCOCCOC. The summed E-state index contributed by atoms with van der Waals surface area (Å²) in [6.07, 6.45) is 1.34. The molecule has 0 spiro atoms. The quantitative estimate of drug-likeness (QED) is 0.303. The van der Waals surface area contributed by atoms with E-state index in [-0.39, 0.29) is 6.79 Å². The minimum Gasteiger partial charge on any atom is -0.476 e. The number of rotatable bonds is 6. The fourth-order valence-corrected chi connectivity index (χ4v) is 0.297. The van der Waals surface area contributed by atoms with Crippen LogP contribution in [0.2, 0.25) is 0 Å². The number of hydrogen-bond donors (Lipinski definition) is 0. The van der Waals surface area contributed by atoms with Gasteiger partial charge in [0.15, 0.2) is 6.79 Å². The molecule has 0 saturated heterocycles. The largest absolute Gasteiger partial charge is 0.476 e. The summed E-state index contributed by atoms with van der Waals surface area (Å²) in [5, 5.41) is 0. The molecular weight excluding hydrogens is 120 g/mol. The fourth-order valence-electron chi connectivity index (χ4n) is 0.297. The third-order valence-electron chi connectivity index (χ3n) is 0.701. The lowest BCUT2D eigenvalue weighted by Gasteiger charge is -2.00. The highest BCUT2D eigenvalue weighted by atomic mass is 16.7. The van der Waals surface area contributed by atoms with Gasteiger partial charge in [0.25, 0.3) is 0 Å². The van der Waals surface area contributed by atoms with E-state index in [1.807, 2.05) is 0 Å². The lowest BCUT2D eigenvalue weighted by atomic mass is 10.8. The molecule has 3 heteroatoms. The van der Waals surface area contributed by atoms with Crippen molar-refractivity contribution >= 4 is 0 Å². The summed E-state index contributed by atoms with van der Waals surface area (Å²) < 4.78 is 14.3. The first kappa shape index (κ1) is 8.46. The Morgan fingerprint density at radius 3 is 2.78 bits per heavy atom. The maximum Gasteiger partial charge on any atom is 0.188 e. The summed E-state index contributed by atoms with van der Waals surface area (Å²) in [5.74, 6) is 0. The predicted molar refractivity (Wildman–Crippen MR) is 34.0 cm³/mol. The van der Waals surface area contributed by atoms with E-state index in [9.17, 15) is 0 Å². The molecule has 0 radical (unpaired) electrons. The molecule has 54 valence electrons. The van der Waals surface area contributed by atoms with Gasteiger partial charge < -0.3 is 14.2 Å². The van der Waals surface area contributed by atoms with Gasteiger partial charge in [0.1, 0.15) is 0 Å². The highest BCUT2D eigenvalue weighted by molar-refractivity contribution is 4.44. The van der Waals surface area contributed by atoms with Crippen molar-refractivity contribution in [3.05, 3.63) is 12.8 Å². The molecule has 0 aromatic carbocycles. The number of methoxy groups -OCH3 is 1. The van der Waals surface area contributed by atoms with E-state index in [0.29, 0.717) is 13.2 Å². The van der Waals surface area contributed by atoms with Crippen molar-refractivity contribution in [3.8, 4) is 0 Å². The van der Waals surface area contributed by atoms with Crippen LogP contribution in [-0.4, -0.2) is 27.1 Å². The molecule has 0 aliphatic rings. The molecule has 0 bridgehead atoms. The molecule has 0 aliphatic heterocycles. The van der Waals surface area contributed by atoms with Crippen LogP contribution in [0.15, 0.2) is 12.8 Å². The van der Waals surface area contributed by atoms with Gasteiger partial charge in [0.05, 0.1) is 19.5 Å². The van der Waals surface area contributed by atoms with Crippen LogP contribution in [0.4, 0.5) is 0 Å². The molecule has 3 nitrogen and oxygen atoms in total. The molecule has 9 heavy (non-hydrogen) atoms. The zero-order valence-corrected chi connectivity index (χ0v) is 5.63. The monoisotopic (exact) mass is 132 g/mol. The maximum absolute atomic E-state index is 4.90. The van der Waals surface area contributed by atoms with Gasteiger partial charge in [-0.1, -0.05) is 6.58 Å². The average Bonchev–Trinajstić information content (AvgIpc) is 1.89. The van der Waals surface area contributed by atoms with Crippen molar-refractivity contribution in [1.29, 1.82) is 0 Å². The molecule has 0 rings (SSSR count). The lowest BCUT2D eigenvalue weighted by Crippen LogP contribution is -2.03. The molecule has 0 heterocycles. The van der Waals surface area contributed by atoms with Gasteiger partial charge in [-0.3, -0.25) is 0 Å². The van der Waals surface area contributed by atoms with E-state index >= 15 is 0 Å². The van der Waals surface area contributed by atoms with Crippen LogP contribution in [0.1, 0.15) is 0 Å².